The number of aldehydes is 1. The van der Waals surface area contributed by atoms with Gasteiger partial charge in [0.05, 0.1) is 30.0 Å². The number of benzene rings is 2. The van der Waals surface area contributed by atoms with E-state index in [2.05, 4.69) is 53.0 Å². The highest BCUT2D eigenvalue weighted by molar-refractivity contribution is 5.80. The highest BCUT2D eigenvalue weighted by Crippen LogP contribution is 2.36. The van der Waals surface area contributed by atoms with Crippen molar-refractivity contribution in [2.75, 3.05) is 29.5 Å². The molecule has 4 rings (SSSR count). The Kier molecular flexibility index (Phi) is 4.81. The van der Waals surface area contributed by atoms with Crippen molar-refractivity contribution in [1.82, 2.24) is 9.97 Å². The van der Waals surface area contributed by atoms with Crippen LogP contribution in [0, 0.1) is 0 Å². The van der Waals surface area contributed by atoms with Gasteiger partial charge in [0.15, 0.2) is 12.5 Å². The van der Waals surface area contributed by atoms with Gasteiger partial charge < -0.3 is 19.5 Å². The lowest BCUT2D eigenvalue weighted by atomic mass is 10.0. The summed E-state index contributed by atoms with van der Waals surface area (Å²) in [5.41, 5.74) is 5.12. The number of rotatable bonds is 6. The largest absolute Gasteiger partial charge is 0.372 e. The maximum absolute atomic E-state index is 11.6. The highest BCUT2D eigenvalue weighted by Gasteiger charge is 2.35. The Labute approximate surface area is 158 Å². The highest BCUT2D eigenvalue weighted by atomic mass is 16.5. The molecule has 2 aromatic carbocycles. The van der Waals surface area contributed by atoms with Gasteiger partial charge in [-0.05, 0) is 49.7 Å². The zero-order chi connectivity index (χ0) is 18.8. The fraction of sp³-hybridized carbons (Fsp3) is 0.333. The molecule has 0 amide bonds. The SMILES string of the molecule is CCN(CC)c1ccc([C@H]2COC(C=O)N2c2ccc3[nH]cnc3c2)cc1. The first-order valence-electron chi connectivity index (χ1n) is 9.38. The van der Waals surface area contributed by atoms with Crippen LogP contribution >= 0.6 is 0 Å². The predicted molar refractivity (Wildman–Crippen MR) is 107 cm³/mol. The summed E-state index contributed by atoms with van der Waals surface area (Å²) in [5.74, 6) is 0. The number of carbonyl (C=O) groups is 1. The second-order valence-corrected chi connectivity index (χ2v) is 6.65. The normalized spacial score (nSPS) is 19.6. The van der Waals surface area contributed by atoms with Crippen molar-refractivity contribution in [1.29, 1.82) is 0 Å². The summed E-state index contributed by atoms with van der Waals surface area (Å²) in [6.07, 6.45) is 1.95. The second kappa shape index (κ2) is 7.40. The van der Waals surface area contributed by atoms with E-state index < -0.39 is 6.23 Å². The van der Waals surface area contributed by atoms with Crippen molar-refractivity contribution >= 4 is 28.7 Å². The smallest absolute Gasteiger partial charge is 0.187 e. The van der Waals surface area contributed by atoms with E-state index in [1.165, 1.54) is 5.69 Å². The van der Waals surface area contributed by atoms with Gasteiger partial charge in [0.2, 0.25) is 0 Å². The van der Waals surface area contributed by atoms with Gasteiger partial charge in [0.25, 0.3) is 0 Å². The van der Waals surface area contributed by atoms with Crippen molar-refractivity contribution in [3.63, 3.8) is 0 Å². The van der Waals surface area contributed by atoms with Crippen LogP contribution in [0.4, 0.5) is 11.4 Å². The Morgan fingerprint density at radius 1 is 1.22 bits per heavy atom. The van der Waals surface area contributed by atoms with Gasteiger partial charge >= 0.3 is 0 Å². The number of hydrogen-bond donors (Lipinski definition) is 1. The molecule has 1 fully saturated rings. The van der Waals surface area contributed by atoms with E-state index in [0.29, 0.717) is 6.61 Å². The van der Waals surface area contributed by atoms with Crippen molar-refractivity contribution in [3.05, 3.63) is 54.4 Å². The van der Waals surface area contributed by atoms with E-state index >= 15 is 0 Å². The number of aromatic amines is 1. The molecule has 0 aliphatic carbocycles. The van der Waals surface area contributed by atoms with Crippen molar-refractivity contribution < 1.29 is 9.53 Å². The van der Waals surface area contributed by atoms with E-state index in [-0.39, 0.29) is 6.04 Å². The molecule has 6 heteroatoms. The molecular weight excluding hydrogens is 340 g/mol. The number of ether oxygens (including phenoxy) is 1. The Balaban J connectivity index is 1.67. The van der Waals surface area contributed by atoms with E-state index in [1.54, 1.807) is 6.33 Å². The van der Waals surface area contributed by atoms with Crippen molar-refractivity contribution in [3.8, 4) is 0 Å². The summed E-state index contributed by atoms with van der Waals surface area (Å²) >= 11 is 0. The van der Waals surface area contributed by atoms with E-state index in [4.69, 9.17) is 4.74 Å². The molecular formula is C21H24N4O2. The fourth-order valence-corrected chi connectivity index (χ4v) is 3.79. The van der Waals surface area contributed by atoms with Crippen LogP contribution < -0.4 is 9.80 Å². The number of nitrogens with one attached hydrogen (secondary N) is 1. The zero-order valence-corrected chi connectivity index (χ0v) is 15.6. The molecule has 0 saturated carbocycles. The van der Waals surface area contributed by atoms with Crippen LogP contribution in [0.5, 0.6) is 0 Å². The predicted octanol–water partition coefficient (Wildman–Crippen LogP) is 3.51. The van der Waals surface area contributed by atoms with Crippen LogP contribution in [0.15, 0.2) is 48.8 Å². The first-order valence-corrected chi connectivity index (χ1v) is 9.38. The Morgan fingerprint density at radius 2 is 2.00 bits per heavy atom. The molecule has 0 bridgehead atoms. The lowest BCUT2D eigenvalue weighted by Crippen LogP contribution is -2.33. The van der Waals surface area contributed by atoms with E-state index in [9.17, 15) is 4.79 Å². The number of aromatic nitrogens is 2. The molecule has 1 aliphatic heterocycles. The van der Waals surface area contributed by atoms with Gasteiger partial charge in [-0.1, -0.05) is 12.1 Å². The number of hydrogen-bond acceptors (Lipinski definition) is 5. The number of fused-ring (bicyclic) bond motifs is 1. The molecule has 6 nitrogen and oxygen atoms in total. The summed E-state index contributed by atoms with van der Waals surface area (Å²) in [4.78, 5) is 23.4. The van der Waals surface area contributed by atoms with E-state index in [0.717, 1.165) is 41.7 Å². The molecule has 0 spiro atoms. The molecule has 1 unspecified atom stereocenters. The van der Waals surface area contributed by atoms with Crippen LogP contribution in [0.3, 0.4) is 0 Å². The molecule has 2 atom stereocenters. The molecule has 140 valence electrons. The summed E-state index contributed by atoms with van der Waals surface area (Å²) in [6.45, 7) is 6.75. The molecule has 1 aromatic heterocycles. The minimum absolute atomic E-state index is 0.0117. The fourth-order valence-electron chi connectivity index (χ4n) is 3.79. The van der Waals surface area contributed by atoms with Gasteiger partial charge in [-0.15, -0.1) is 0 Å². The third-order valence-corrected chi connectivity index (χ3v) is 5.26. The minimum atomic E-state index is -0.589. The van der Waals surface area contributed by atoms with Gasteiger partial charge in [0.1, 0.15) is 0 Å². The van der Waals surface area contributed by atoms with Crippen LogP contribution in [0.1, 0.15) is 25.5 Å². The van der Waals surface area contributed by atoms with Gasteiger partial charge in [0, 0.05) is 24.5 Å². The monoisotopic (exact) mass is 364 g/mol. The molecule has 27 heavy (non-hydrogen) atoms. The lowest BCUT2D eigenvalue weighted by Gasteiger charge is -2.28. The molecule has 2 heterocycles. The van der Waals surface area contributed by atoms with Gasteiger partial charge in [-0.3, -0.25) is 4.79 Å². The second-order valence-electron chi connectivity index (χ2n) is 6.65. The van der Waals surface area contributed by atoms with Crippen LogP contribution in [-0.2, 0) is 9.53 Å². The van der Waals surface area contributed by atoms with Crippen LogP contribution in [0.2, 0.25) is 0 Å². The van der Waals surface area contributed by atoms with Gasteiger partial charge in [-0.2, -0.15) is 0 Å². The minimum Gasteiger partial charge on any atom is -0.372 e. The zero-order valence-electron chi connectivity index (χ0n) is 15.6. The maximum atomic E-state index is 11.6. The summed E-state index contributed by atoms with van der Waals surface area (Å²) < 4.78 is 5.77. The number of anilines is 2. The third-order valence-electron chi connectivity index (χ3n) is 5.26. The number of H-pyrrole nitrogens is 1. The number of nitrogens with zero attached hydrogens (tertiary/aromatic N) is 3. The standard InChI is InChI=1S/C21H24N4O2/c1-3-24(4-2)16-7-5-15(6-8-16)20-13-27-21(12-26)25(20)17-9-10-18-19(11-17)23-14-22-18/h5-12,14,20-21H,3-4,13H2,1-2H3,(H,22,23)/t20-,21?/m1/s1. The first-order chi connectivity index (χ1) is 13.2. The molecule has 1 saturated heterocycles. The quantitative estimate of drug-likeness (QED) is 0.678. The van der Waals surface area contributed by atoms with Crippen molar-refractivity contribution in [2.24, 2.45) is 0 Å². The summed E-state index contributed by atoms with van der Waals surface area (Å²) in [7, 11) is 0. The van der Waals surface area contributed by atoms with E-state index in [1.807, 2.05) is 23.1 Å². The third kappa shape index (κ3) is 3.17. The number of carbonyl (C=O) groups excluding carboxylic acids is 1. The Bertz CT molecular complexity index is 917. The maximum Gasteiger partial charge on any atom is 0.187 e. The lowest BCUT2D eigenvalue weighted by molar-refractivity contribution is -0.115. The summed E-state index contributed by atoms with van der Waals surface area (Å²) in [6, 6.07) is 14.5. The molecule has 1 N–H and O–H groups in total. The van der Waals surface area contributed by atoms with Crippen molar-refractivity contribution in [2.45, 2.75) is 26.1 Å². The average Bonchev–Trinajstić information content (AvgIpc) is 3.35. The molecule has 1 aliphatic rings. The first kappa shape index (κ1) is 17.5. The van der Waals surface area contributed by atoms with Crippen LogP contribution in [-0.4, -0.2) is 42.2 Å². The average molecular weight is 364 g/mol. The Hall–Kier alpha value is -2.86. The van der Waals surface area contributed by atoms with Gasteiger partial charge in [-0.25, -0.2) is 4.98 Å². The summed E-state index contributed by atoms with van der Waals surface area (Å²) in [5, 5.41) is 0. The molecule has 3 aromatic rings. The topological polar surface area (TPSA) is 61.5 Å². The Morgan fingerprint density at radius 3 is 2.70 bits per heavy atom. The molecule has 0 radical (unpaired) electrons. The van der Waals surface area contributed by atoms with Crippen LogP contribution in [0.25, 0.3) is 11.0 Å². The number of imidazole rings is 1.